The second-order valence-corrected chi connectivity index (χ2v) is 1.34. The van der Waals surface area contributed by atoms with Crippen LogP contribution in [0.15, 0.2) is 30.3 Å². The molecule has 0 amide bonds. The number of hydrogen-bond donors (Lipinski definition) is 1. The molecule has 1 rings (SSSR count). The molecule has 3 heteroatoms. The maximum absolute atomic E-state index is 8.63. The molecule has 0 aliphatic carbocycles. The van der Waals surface area contributed by atoms with Crippen LogP contribution in [0.2, 0.25) is 0 Å². The Morgan fingerprint density at radius 1 is 1.00 bits per heavy atom. The Morgan fingerprint density at radius 2 is 1.44 bits per heavy atom. The van der Waals surface area contributed by atoms with E-state index >= 15 is 0 Å². The van der Waals surface area contributed by atoms with Crippen LogP contribution in [0.3, 0.4) is 0 Å². The average Bonchev–Trinajstić information content (AvgIpc) is 1.69. The van der Waals surface area contributed by atoms with E-state index in [1.165, 1.54) is 0 Å². The predicted octanol–water partition coefficient (Wildman–Crippen LogP) is 0.631. The Hall–Kier alpha value is 1.66. The van der Waals surface area contributed by atoms with Gasteiger partial charge < -0.3 is 5.11 Å². The van der Waals surface area contributed by atoms with Crippen LogP contribution in [-0.4, -0.2) is 86.0 Å². The average molecular weight is 156 g/mol. The summed E-state index contributed by atoms with van der Waals surface area (Å²) in [6, 6.07) is 8.71. The van der Waals surface area contributed by atoms with E-state index in [4.69, 9.17) is 5.11 Å². The Morgan fingerprint density at radius 3 is 1.67 bits per heavy atom. The molecule has 0 bridgehead atoms. The Balaban J connectivity index is 0. The van der Waals surface area contributed by atoms with Crippen molar-refractivity contribution in [3.8, 4) is 5.75 Å². The van der Waals surface area contributed by atoms with Crippen LogP contribution in [0.25, 0.3) is 0 Å². The second kappa shape index (κ2) is 7.76. The molecule has 0 saturated heterocycles. The summed E-state index contributed by atoms with van der Waals surface area (Å²) in [6.45, 7) is 0. The van der Waals surface area contributed by atoms with E-state index in [1.54, 1.807) is 24.3 Å². The van der Waals surface area contributed by atoms with Gasteiger partial charge in [-0.05, 0) is 12.1 Å². The van der Waals surface area contributed by atoms with Crippen molar-refractivity contribution < 1.29 is 5.11 Å². The fourth-order valence-electron chi connectivity index (χ4n) is 0.428. The van der Waals surface area contributed by atoms with Crippen LogP contribution >= 0.6 is 0 Å². The van der Waals surface area contributed by atoms with Gasteiger partial charge in [0.05, 0.1) is 0 Å². The van der Waals surface area contributed by atoms with E-state index in [0.29, 0.717) is 5.75 Å². The summed E-state index contributed by atoms with van der Waals surface area (Å²) in [5.74, 6) is 0.322. The zero-order chi connectivity index (χ0) is 5.11. The zero-order valence-corrected chi connectivity index (χ0v) is 11.0. The molecule has 1 aromatic carbocycles. The van der Waals surface area contributed by atoms with Gasteiger partial charge in [-0.2, -0.15) is 0 Å². The number of phenolic OH excluding ortho intramolecular Hbond substituents is 1. The number of rotatable bonds is 0. The molecule has 0 aliphatic heterocycles. The second-order valence-electron chi connectivity index (χ2n) is 1.34. The number of phenols is 1. The summed E-state index contributed by atoms with van der Waals surface area (Å²) in [6.07, 6.45) is 0. The van der Waals surface area contributed by atoms with E-state index in [2.05, 4.69) is 0 Å². The van der Waals surface area contributed by atoms with Crippen molar-refractivity contribution >= 4 is 80.9 Å². The molecule has 0 heterocycles. The smallest absolute Gasteiger partial charge is 0.115 e. The maximum Gasteiger partial charge on any atom is 0.115 e. The normalized spacial score (nSPS) is 6.67. The third kappa shape index (κ3) is 6.07. The Kier molecular flexibility index (Phi) is 11.4. The van der Waals surface area contributed by atoms with E-state index < -0.39 is 0 Å². The van der Waals surface area contributed by atoms with E-state index in [0.717, 1.165) is 0 Å². The molecule has 0 spiro atoms. The van der Waals surface area contributed by atoms with Gasteiger partial charge in [-0.15, -0.1) is 0 Å². The molecule has 0 fully saturated rings. The molecule has 9 heavy (non-hydrogen) atoms. The first-order valence-electron chi connectivity index (χ1n) is 2.13. The van der Waals surface area contributed by atoms with Gasteiger partial charge >= 0.3 is 0 Å². The zero-order valence-electron chi connectivity index (χ0n) is 5.83. The molecular weight excluding hydrogens is 150 g/mol. The topological polar surface area (TPSA) is 20.2 Å². The van der Waals surface area contributed by atoms with Crippen LogP contribution in [0, 0.1) is 0 Å². The molecule has 38 valence electrons. The van der Waals surface area contributed by atoms with Gasteiger partial charge in [0, 0.05) is 80.9 Å². The first-order valence-corrected chi connectivity index (χ1v) is 2.13. The molecule has 0 atom stereocenters. The van der Waals surface area contributed by atoms with Gasteiger partial charge in [0.2, 0.25) is 0 Å². The van der Waals surface area contributed by atoms with Gasteiger partial charge in [-0.3, -0.25) is 0 Å². The van der Waals surface area contributed by atoms with Crippen molar-refractivity contribution in [3.63, 3.8) is 0 Å². The summed E-state index contributed by atoms with van der Waals surface area (Å²) in [7, 11) is 0. The first kappa shape index (κ1) is 13.3. The Bertz CT molecular complexity index is 143. The van der Waals surface area contributed by atoms with Crippen LogP contribution < -0.4 is 0 Å². The summed E-state index contributed by atoms with van der Waals surface area (Å²) in [4.78, 5) is 0. The van der Waals surface area contributed by atoms with Crippen molar-refractivity contribution in [3.05, 3.63) is 30.3 Å². The molecule has 1 N–H and O–H groups in total. The van der Waals surface area contributed by atoms with Crippen molar-refractivity contribution in [1.82, 2.24) is 0 Å². The molecular formula is C6H6KNaO. The number of aromatic hydroxyl groups is 1. The van der Waals surface area contributed by atoms with Crippen molar-refractivity contribution in [2.45, 2.75) is 0 Å². The number of hydrogen-bond acceptors (Lipinski definition) is 1. The van der Waals surface area contributed by atoms with Crippen molar-refractivity contribution in [2.24, 2.45) is 0 Å². The largest absolute Gasteiger partial charge is 0.508 e. The standard InChI is InChI=1S/C6H6O.K.Na/c7-6-4-2-1-3-5-6;;/h1-5,7H;;. The quantitative estimate of drug-likeness (QED) is 0.546. The summed E-state index contributed by atoms with van der Waals surface area (Å²) in [5.41, 5.74) is 0. The van der Waals surface area contributed by atoms with Gasteiger partial charge in [0.25, 0.3) is 0 Å². The minimum Gasteiger partial charge on any atom is -0.508 e. The monoisotopic (exact) mass is 156 g/mol. The minimum atomic E-state index is 0. The Labute approximate surface area is 120 Å². The molecule has 1 nitrogen and oxygen atoms in total. The fourth-order valence-corrected chi connectivity index (χ4v) is 0.428. The summed E-state index contributed by atoms with van der Waals surface area (Å²) in [5, 5.41) is 8.63. The molecule has 1 aromatic rings. The molecule has 2 radical (unpaired) electrons. The summed E-state index contributed by atoms with van der Waals surface area (Å²) >= 11 is 0. The van der Waals surface area contributed by atoms with Crippen molar-refractivity contribution in [1.29, 1.82) is 0 Å². The van der Waals surface area contributed by atoms with Crippen LogP contribution in [0.5, 0.6) is 5.75 Å². The SMILES string of the molecule is Oc1ccccc1.[K].[Na]. The van der Waals surface area contributed by atoms with Gasteiger partial charge in [0.15, 0.2) is 0 Å². The summed E-state index contributed by atoms with van der Waals surface area (Å²) < 4.78 is 0. The molecule has 0 aromatic heterocycles. The third-order valence-corrected chi connectivity index (χ3v) is 0.756. The predicted molar refractivity (Wildman–Crippen MR) is 39.6 cm³/mol. The van der Waals surface area contributed by atoms with E-state index in [-0.39, 0.29) is 80.9 Å². The van der Waals surface area contributed by atoms with Crippen molar-refractivity contribution in [2.75, 3.05) is 0 Å². The molecule has 0 saturated carbocycles. The van der Waals surface area contributed by atoms with Crippen LogP contribution in [0.4, 0.5) is 0 Å². The third-order valence-electron chi connectivity index (χ3n) is 0.756. The number of para-hydroxylation sites is 1. The first-order chi connectivity index (χ1) is 3.39. The fraction of sp³-hybridized carbons (Fsp3) is 0. The van der Waals surface area contributed by atoms with Gasteiger partial charge in [-0.25, -0.2) is 0 Å². The maximum atomic E-state index is 8.63. The van der Waals surface area contributed by atoms with Crippen LogP contribution in [-0.2, 0) is 0 Å². The van der Waals surface area contributed by atoms with E-state index in [1.807, 2.05) is 6.07 Å². The van der Waals surface area contributed by atoms with E-state index in [9.17, 15) is 0 Å². The minimum absolute atomic E-state index is 0. The van der Waals surface area contributed by atoms with Gasteiger partial charge in [-0.1, -0.05) is 18.2 Å². The number of benzene rings is 1. The molecule has 0 unspecified atom stereocenters. The van der Waals surface area contributed by atoms with Crippen LogP contribution in [0.1, 0.15) is 0 Å². The van der Waals surface area contributed by atoms with Gasteiger partial charge in [0.1, 0.15) is 5.75 Å². The molecule has 0 aliphatic rings.